The zero-order valence-corrected chi connectivity index (χ0v) is 17.7. The highest BCUT2D eigenvalue weighted by molar-refractivity contribution is 5.81. The van der Waals surface area contributed by atoms with E-state index in [1.807, 2.05) is 0 Å². The second-order valence-electron chi connectivity index (χ2n) is 7.44. The predicted octanol–water partition coefficient (Wildman–Crippen LogP) is 3.16. The van der Waals surface area contributed by atoms with Gasteiger partial charge in [0.2, 0.25) is 5.91 Å². The van der Waals surface area contributed by atoms with E-state index < -0.39 is 17.5 Å². The van der Waals surface area contributed by atoms with Crippen LogP contribution in [0.5, 0.6) is 0 Å². The average Bonchev–Trinajstić information content (AvgIpc) is 2.64. The van der Waals surface area contributed by atoms with Gasteiger partial charge in [-0.25, -0.2) is 0 Å². The molecule has 0 fully saturated rings. The molecule has 0 aliphatic heterocycles. The summed E-state index contributed by atoms with van der Waals surface area (Å²) in [5.74, 6) is -0.0733. The summed E-state index contributed by atoms with van der Waals surface area (Å²) in [5, 5.41) is 13.2. The van der Waals surface area contributed by atoms with Gasteiger partial charge in [0, 0.05) is 18.0 Å². The molecular weight excluding hydrogens is 358 g/mol. The van der Waals surface area contributed by atoms with E-state index in [9.17, 15) is 14.9 Å². The van der Waals surface area contributed by atoms with Crippen LogP contribution in [0.3, 0.4) is 0 Å². The standard InChI is InChI=1S/C20H41N5O3/c1-2-3-4-5-6-7-8-9-10-12-16-24-20(26)18(21)14-11-13-15-23-19(22)17-25(27)28/h18H,2-17,21H2,1H3,(H2,22,23)(H,24,26)/t18-/m0/s1. The van der Waals surface area contributed by atoms with E-state index >= 15 is 0 Å². The van der Waals surface area contributed by atoms with E-state index in [0.29, 0.717) is 25.9 Å². The summed E-state index contributed by atoms with van der Waals surface area (Å²) < 4.78 is 0. The fourth-order valence-corrected chi connectivity index (χ4v) is 2.97. The van der Waals surface area contributed by atoms with Gasteiger partial charge < -0.3 is 16.8 Å². The molecule has 8 nitrogen and oxygen atoms in total. The highest BCUT2D eigenvalue weighted by atomic mass is 16.6. The van der Waals surface area contributed by atoms with E-state index in [0.717, 1.165) is 19.3 Å². The van der Waals surface area contributed by atoms with E-state index in [4.69, 9.17) is 11.5 Å². The molecule has 0 aromatic heterocycles. The molecule has 0 bridgehead atoms. The van der Waals surface area contributed by atoms with E-state index in [2.05, 4.69) is 17.2 Å². The molecule has 1 atom stereocenters. The molecule has 8 heteroatoms. The molecule has 0 saturated heterocycles. The Hall–Kier alpha value is -1.70. The number of aliphatic imine (C=N–C) groups is 1. The lowest BCUT2D eigenvalue weighted by Crippen LogP contribution is -2.40. The average molecular weight is 400 g/mol. The first kappa shape index (κ1) is 26.3. The van der Waals surface area contributed by atoms with Crippen LogP contribution in [0.2, 0.25) is 0 Å². The van der Waals surface area contributed by atoms with Crippen LogP contribution < -0.4 is 16.8 Å². The summed E-state index contributed by atoms with van der Waals surface area (Å²) in [6.07, 6.45) is 14.7. The molecule has 0 rings (SSSR count). The Morgan fingerprint density at radius 2 is 1.57 bits per heavy atom. The van der Waals surface area contributed by atoms with Crippen LogP contribution in [0.25, 0.3) is 0 Å². The van der Waals surface area contributed by atoms with Gasteiger partial charge in [0.25, 0.3) is 6.54 Å². The molecule has 0 spiro atoms. The zero-order valence-electron chi connectivity index (χ0n) is 17.7. The molecule has 28 heavy (non-hydrogen) atoms. The van der Waals surface area contributed by atoms with Crippen LogP contribution >= 0.6 is 0 Å². The van der Waals surface area contributed by atoms with Crippen molar-refractivity contribution in [1.82, 2.24) is 5.32 Å². The summed E-state index contributed by atoms with van der Waals surface area (Å²) in [6.45, 7) is 2.92. The number of nitrogens with zero attached hydrogens (tertiary/aromatic N) is 2. The zero-order chi connectivity index (χ0) is 21.0. The monoisotopic (exact) mass is 399 g/mol. The van der Waals surface area contributed by atoms with Crippen molar-refractivity contribution in [2.45, 2.75) is 96.4 Å². The van der Waals surface area contributed by atoms with Crippen LogP contribution in [0, 0.1) is 10.1 Å². The van der Waals surface area contributed by atoms with Crippen molar-refractivity contribution >= 4 is 11.7 Å². The second kappa shape index (κ2) is 18.7. The molecule has 0 aromatic carbocycles. The van der Waals surface area contributed by atoms with Crippen LogP contribution in [0.1, 0.15) is 90.4 Å². The first-order valence-electron chi connectivity index (χ1n) is 10.9. The van der Waals surface area contributed by atoms with Crippen LogP contribution in [0.15, 0.2) is 4.99 Å². The van der Waals surface area contributed by atoms with Crippen molar-refractivity contribution in [3.05, 3.63) is 10.1 Å². The van der Waals surface area contributed by atoms with Crippen LogP contribution in [-0.4, -0.2) is 42.3 Å². The fraction of sp³-hybridized carbons (Fsp3) is 0.900. The molecular formula is C20H41N5O3. The molecule has 0 aliphatic carbocycles. The van der Waals surface area contributed by atoms with Gasteiger partial charge in [-0.15, -0.1) is 0 Å². The number of unbranched alkanes of at least 4 members (excludes halogenated alkanes) is 10. The number of nitrogens with one attached hydrogen (secondary N) is 1. The normalized spacial score (nSPS) is 12.7. The Labute approximate surface area is 170 Å². The Bertz CT molecular complexity index is 444. The number of nitro groups is 1. The third kappa shape index (κ3) is 17.7. The van der Waals surface area contributed by atoms with E-state index in [1.54, 1.807) is 0 Å². The number of amides is 1. The number of carbonyl (C=O) groups excluding carboxylic acids is 1. The van der Waals surface area contributed by atoms with Crippen molar-refractivity contribution in [2.75, 3.05) is 19.6 Å². The van der Waals surface area contributed by atoms with Crippen LogP contribution in [0.4, 0.5) is 0 Å². The van der Waals surface area contributed by atoms with Gasteiger partial charge in [0.15, 0.2) is 5.84 Å². The minimum absolute atomic E-state index is 0.0311. The number of nitrogens with two attached hydrogens (primary N) is 2. The number of rotatable bonds is 19. The molecule has 1 amide bonds. The largest absolute Gasteiger partial charge is 0.382 e. The van der Waals surface area contributed by atoms with Crippen LogP contribution in [-0.2, 0) is 4.79 Å². The van der Waals surface area contributed by atoms with Crippen molar-refractivity contribution in [3.63, 3.8) is 0 Å². The minimum atomic E-state index is -0.511. The highest BCUT2D eigenvalue weighted by Gasteiger charge is 2.12. The molecule has 0 saturated carbocycles. The van der Waals surface area contributed by atoms with Crippen molar-refractivity contribution in [3.8, 4) is 0 Å². The highest BCUT2D eigenvalue weighted by Crippen LogP contribution is 2.10. The lowest BCUT2D eigenvalue weighted by atomic mass is 10.1. The second-order valence-corrected chi connectivity index (χ2v) is 7.44. The molecule has 0 radical (unpaired) electrons. The summed E-state index contributed by atoms with van der Waals surface area (Å²) in [6, 6.07) is -0.511. The predicted molar refractivity (Wildman–Crippen MR) is 115 cm³/mol. The van der Waals surface area contributed by atoms with Gasteiger partial charge in [-0.1, -0.05) is 64.7 Å². The number of amidine groups is 1. The third-order valence-corrected chi connectivity index (χ3v) is 4.70. The van der Waals surface area contributed by atoms with E-state index in [-0.39, 0.29) is 11.7 Å². The molecule has 5 N–H and O–H groups in total. The molecule has 0 aromatic rings. The number of hydrogen-bond acceptors (Lipinski definition) is 5. The third-order valence-electron chi connectivity index (χ3n) is 4.70. The maximum Gasteiger partial charge on any atom is 0.259 e. The molecule has 164 valence electrons. The van der Waals surface area contributed by atoms with Gasteiger partial charge in [0.1, 0.15) is 0 Å². The Morgan fingerprint density at radius 1 is 1.00 bits per heavy atom. The number of hydrogen-bond donors (Lipinski definition) is 3. The van der Waals surface area contributed by atoms with Gasteiger partial charge in [0.05, 0.1) is 6.04 Å². The summed E-state index contributed by atoms with van der Waals surface area (Å²) >= 11 is 0. The Morgan fingerprint density at radius 3 is 2.14 bits per heavy atom. The van der Waals surface area contributed by atoms with Gasteiger partial charge in [-0.3, -0.25) is 19.9 Å². The van der Waals surface area contributed by atoms with Crippen molar-refractivity contribution in [1.29, 1.82) is 0 Å². The Kier molecular flexibility index (Phi) is 17.5. The molecule has 0 unspecified atom stereocenters. The Balaban J connectivity index is 3.50. The lowest BCUT2D eigenvalue weighted by Gasteiger charge is -2.12. The van der Waals surface area contributed by atoms with Gasteiger partial charge in [-0.2, -0.15) is 0 Å². The first-order chi connectivity index (χ1) is 13.5. The lowest BCUT2D eigenvalue weighted by molar-refractivity contribution is -0.463. The topological polar surface area (TPSA) is 137 Å². The maximum absolute atomic E-state index is 11.9. The maximum atomic E-state index is 11.9. The smallest absolute Gasteiger partial charge is 0.259 e. The summed E-state index contributed by atoms with van der Waals surface area (Å²) in [4.78, 5) is 25.6. The number of carbonyl (C=O) groups is 1. The molecule has 0 aliphatic rings. The minimum Gasteiger partial charge on any atom is -0.382 e. The fourth-order valence-electron chi connectivity index (χ4n) is 2.97. The van der Waals surface area contributed by atoms with Gasteiger partial charge >= 0.3 is 0 Å². The first-order valence-corrected chi connectivity index (χ1v) is 10.9. The van der Waals surface area contributed by atoms with E-state index in [1.165, 1.54) is 51.4 Å². The van der Waals surface area contributed by atoms with Crippen molar-refractivity contribution in [2.24, 2.45) is 16.5 Å². The van der Waals surface area contributed by atoms with Gasteiger partial charge in [-0.05, 0) is 25.7 Å². The quantitative estimate of drug-likeness (QED) is 0.101. The summed E-state index contributed by atoms with van der Waals surface area (Å²) in [5.41, 5.74) is 11.3. The SMILES string of the molecule is CCCCCCCCCCCCNC(=O)[C@@H](N)CCCCN=C(N)C[N+](=O)[O-]. The van der Waals surface area contributed by atoms with Crippen molar-refractivity contribution < 1.29 is 9.72 Å². The molecule has 0 heterocycles. The summed E-state index contributed by atoms with van der Waals surface area (Å²) in [7, 11) is 0.